The molecule has 3 rings (SSSR count). The van der Waals surface area contributed by atoms with E-state index in [9.17, 15) is 9.90 Å². The Balaban J connectivity index is 1.81. The Morgan fingerprint density at radius 2 is 1.80 bits per heavy atom. The number of aliphatic hydroxyl groups is 1. The van der Waals surface area contributed by atoms with Gasteiger partial charge in [-0.2, -0.15) is 0 Å². The first-order chi connectivity index (χ1) is 9.20. The van der Waals surface area contributed by atoms with E-state index in [2.05, 4.69) is 20.8 Å². The van der Waals surface area contributed by atoms with Gasteiger partial charge in [-0.3, -0.25) is 0 Å². The van der Waals surface area contributed by atoms with Crippen molar-refractivity contribution in [1.82, 2.24) is 0 Å². The fraction of sp³-hybridized carbons (Fsp3) is 0.941. The number of carbonyl (C=O) groups excluding carboxylic acids is 1. The summed E-state index contributed by atoms with van der Waals surface area (Å²) in [7, 11) is 0. The summed E-state index contributed by atoms with van der Waals surface area (Å²) >= 11 is 0.265. The van der Waals surface area contributed by atoms with Gasteiger partial charge in [0.2, 0.25) is 0 Å². The Hall–Kier alpha value is 0.149. The molecule has 114 valence electrons. The van der Waals surface area contributed by atoms with Crippen LogP contribution in [0.5, 0.6) is 0 Å². The van der Waals surface area contributed by atoms with Crippen molar-refractivity contribution in [2.24, 2.45) is 16.7 Å². The molecular formula is C17H28O2Se. The van der Waals surface area contributed by atoms with Gasteiger partial charge < -0.3 is 0 Å². The number of Topliss-reactive ketones (excluding diaryl/α,β-unsaturated/α-hetero) is 1. The van der Waals surface area contributed by atoms with Gasteiger partial charge in [0.05, 0.1) is 0 Å². The fourth-order valence-corrected chi connectivity index (χ4v) is 9.28. The molecule has 0 saturated heterocycles. The molecule has 20 heavy (non-hydrogen) atoms. The van der Waals surface area contributed by atoms with Crippen LogP contribution in [0.3, 0.4) is 0 Å². The summed E-state index contributed by atoms with van der Waals surface area (Å²) in [4.78, 5) is 13.6. The molecule has 2 bridgehead atoms. The van der Waals surface area contributed by atoms with Crippen LogP contribution in [0, 0.1) is 16.7 Å². The molecule has 0 aromatic rings. The van der Waals surface area contributed by atoms with Crippen LogP contribution >= 0.6 is 0 Å². The average Bonchev–Trinajstić information content (AvgIpc) is 2.66. The number of hydrogen-bond donors (Lipinski definition) is 1. The van der Waals surface area contributed by atoms with Crippen molar-refractivity contribution in [1.29, 1.82) is 0 Å². The van der Waals surface area contributed by atoms with Crippen LogP contribution in [0.2, 0.25) is 9.63 Å². The molecule has 3 fully saturated rings. The normalized spacial score (nSPS) is 50.6. The van der Waals surface area contributed by atoms with Gasteiger partial charge in [0.1, 0.15) is 0 Å². The Kier molecular flexibility index (Phi) is 3.44. The van der Waals surface area contributed by atoms with E-state index in [1.807, 2.05) is 6.92 Å². The third-order valence-electron chi connectivity index (χ3n) is 6.88. The van der Waals surface area contributed by atoms with Gasteiger partial charge in [0, 0.05) is 0 Å². The summed E-state index contributed by atoms with van der Waals surface area (Å²) in [6, 6.07) is 0. The van der Waals surface area contributed by atoms with Crippen molar-refractivity contribution in [3.05, 3.63) is 0 Å². The van der Waals surface area contributed by atoms with Crippen molar-refractivity contribution < 1.29 is 9.90 Å². The Morgan fingerprint density at radius 3 is 2.35 bits per heavy atom. The predicted molar refractivity (Wildman–Crippen MR) is 82.0 cm³/mol. The van der Waals surface area contributed by atoms with Crippen LogP contribution in [-0.4, -0.2) is 31.4 Å². The molecule has 0 aromatic heterocycles. The zero-order valence-electron chi connectivity index (χ0n) is 13.2. The molecule has 0 amide bonds. The SMILES string of the molecule is CC1(O)CCCCC1[Se][C@@H]1C(=O)[C@]2(C)CC[C@H]1C2(C)C. The molecule has 0 aromatic carbocycles. The first-order valence-electron chi connectivity index (χ1n) is 8.12. The van der Waals surface area contributed by atoms with Crippen molar-refractivity contribution in [2.75, 3.05) is 0 Å². The molecule has 3 heteroatoms. The van der Waals surface area contributed by atoms with Gasteiger partial charge in [-0.15, -0.1) is 0 Å². The fourth-order valence-electron chi connectivity index (χ4n) is 4.84. The summed E-state index contributed by atoms with van der Waals surface area (Å²) in [6.45, 7) is 8.81. The van der Waals surface area contributed by atoms with E-state index in [1.54, 1.807) is 0 Å². The molecule has 0 radical (unpaired) electrons. The van der Waals surface area contributed by atoms with Crippen molar-refractivity contribution >= 4 is 20.7 Å². The third kappa shape index (κ3) is 1.89. The van der Waals surface area contributed by atoms with Crippen LogP contribution in [0.25, 0.3) is 0 Å². The summed E-state index contributed by atoms with van der Waals surface area (Å²) in [6.07, 6.45) is 6.72. The van der Waals surface area contributed by atoms with E-state index in [0.29, 0.717) is 16.5 Å². The van der Waals surface area contributed by atoms with Gasteiger partial charge in [-0.05, 0) is 0 Å². The second-order valence-electron chi connectivity index (χ2n) is 8.21. The maximum absolute atomic E-state index is 12.9. The third-order valence-corrected chi connectivity index (χ3v) is 10.9. The van der Waals surface area contributed by atoms with E-state index in [0.717, 1.165) is 25.7 Å². The molecule has 0 heterocycles. The number of hydrogen-bond acceptors (Lipinski definition) is 2. The second kappa shape index (κ2) is 4.57. The number of carbonyl (C=O) groups is 1. The van der Waals surface area contributed by atoms with Gasteiger partial charge in [0.25, 0.3) is 0 Å². The van der Waals surface area contributed by atoms with Crippen LogP contribution in [-0.2, 0) is 4.79 Å². The van der Waals surface area contributed by atoms with E-state index in [-0.39, 0.29) is 30.6 Å². The summed E-state index contributed by atoms with van der Waals surface area (Å²) < 4.78 is 0. The minimum atomic E-state index is -0.522. The zero-order chi connectivity index (χ0) is 14.8. The van der Waals surface area contributed by atoms with Crippen molar-refractivity contribution in [3.8, 4) is 0 Å². The Labute approximate surface area is 129 Å². The molecule has 2 unspecified atom stereocenters. The van der Waals surface area contributed by atoms with Gasteiger partial charge in [-0.1, -0.05) is 0 Å². The summed E-state index contributed by atoms with van der Waals surface area (Å²) in [5.74, 6) is 1.10. The summed E-state index contributed by atoms with van der Waals surface area (Å²) in [5.41, 5.74) is -0.451. The average molecular weight is 343 g/mol. The molecule has 3 saturated carbocycles. The Bertz CT molecular complexity index is 429. The number of ketones is 1. The first-order valence-corrected chi connectivity index (χ1v) is 10.1. The molecule has 3 aliphatic carbocycles. The zero-order valence-corrected chi connectivity index (χ0v) is 15.0. The van der Waals surface area contributed by atoms with Crippen LogP contribution in [0.15, 0.2) is 0 Å². The van der Waals surface area contributed by atoms with Gasteiger partial charge in [0.15, 0.2) is 0 Å². The van der Waals surface area contributed by atoms with Crippen LogP contribution in [0.4, 0.5) is 0 Å². The van der Waals surface area contributed by atoms with Crippen molar-refractivity contribution in [2.45, 2.75) is 81.5 Å². The topological polar surface area (TPSA) is 37.3 Å². The molecule has 1 N–H and O–H groups in total. The quantitative estimate of drug-likeness (QED) is 0.778. The maximum atomic E-state index is 12.9. The van der Waals surface area contributed by atoms with Crippen molar-refractivity contribution in [3.63, 3.8) is 0 Å². The second-order valence-corrected chi connectivity index (χ2v) is 11.0. The van der Waals surface area contributed by atoms with Crippen LogP contribution in [0.1, 0.15) is 66.2 Å². The van der Waals surface area contributed by atoms with Crippen LogP contribution < -0.4 is 0 Å². The van der Waals surface area contributed by atoms with E-state index in [1.165, 1.54) is 12.8 Å². The number of fused-ring (bicyclic) bond motifs is 2. The minimum absolute atomic E-state index is 0.0927. The first kappa shape index (κ1) is 15.1. The van der Waals surface area contributed by atoms with E-state index < -0.39 is 5.60 Å². The summed E-state index contributed by atoms with van der Waals surface area (Å²) in [5, 5.41) is 10.6. The monoisotopic (exact) mass is 344 g/mol. The van der Waals surface area contributed by atoms with E-state index in [4.69, 9.17) is 0 Å². The Morgan fingerprint density at radius 1 is 1.10 bits per heavy atom. The number of rotatable bonds is 2. The predicted octanol–water partition coefficient (Wildman–Crippen LogP) is 3.62. The molecule has 0 aliphatic heterocycles. The molecular weight excluding hydrogens is 315 g/mol. The van der Waals surface area contributed by atoms with E-state index >= 15 is 0 Å². The molecule has 2 nitrogen and oxygen atoms in total. The standard InChI is InChI=1S/C17H28O2Se/c1-15(2)11-8-10-16(15,3)14(18)13(11)20-12-7-5-6-9-17(12,4)19/h11-13,19H,5-10H2,1-4H3/t11-,12?,13+,16+,17?/m1/s1. The molecule has 0 spiro atoms. The van der Waals surface area contributed by atoms with Gasteiger partial charge in [-0.25, -0.2) is 0 Å². The van der Waals surface area contributed by atoms with Gasteiger partial charge >= 0.3 is 129 Å². The molecule has 5 atom stereocenters. The molecule has 3 aliphatic rings.